The third-order valence-corrected chi connectivity index (χ3v) is 13.7. The average molecular weight is 863 g/mol. The number of nitrogens with zero attached hydrogens (tertiary/aromatic N) is 4. The van der Waals surface area contributed by atoms with E-state index in [4.69, 9.17) is 14.2 Å². The Labute approximate surface area is 363 Å². The van der Waals surface area contributed by atoms with Crippen LogP contribution in [0.1, 0.15) is 110 Å². The number of aromatic nitrogens is 1. The minimum absolute atomic E-state index is 0.0200. The van der Waals surface area contributed by atoms with Crippen LogP contribution in [-0.4, -0.2) is 126 Å². The largest absolute Gasteiger partial charge is 0.506 e. The second-order valence-electron chi connectivity index (χ2n) is 17.3. The standard InChI is InChI=1S/C46H63FN6O7S/c1-32(2)44-49-37(30-61-44)45(57)52-24-27-60-46(31-52)17-21-51(22-18-46)28-35-9-7-8-33(41(35)47)15-25-58-26-16-40(56)53(36-10-5-3-4-6-11-36)23-20-48-19-14-34-12-13-38(54)42-43(34)59-29-39(55)50-42/h7-9,12-13,30,32,36,48,54H,3-6,10-11,14-29,31H2,1-2H3,(H,50,55). The molecule has 13 nitrogen and oxygen atoms in total. The molecule has 3 amide bonds. The number of aromatic hydroxyl groups is 1. The number of likely N-dealkylation sites (tertiary alicyclic amines) is 1. The van der Waals surface area contributed by atoms with Gasteiger partial charge in [0.15, 0.2) is 12.4 Å². The van der Waals surface area contributed by atoms with Crippen molar-refractivity contribution in [3.63, 3.8) is 0 Å². The van der Waals surface area contributed by atoms with Crippen LogP contribution >= 0.6 is 11.3 Å². The average Bonchev–Trinajstić information content (AvgIpc) is 3.62. The molecule has 3 fully saturated rings. The van der Waals surface area contributed by atoms with Gasteiger partial charge in [-0.1, -0.05) is 63.8 Å². The fourth-order valence-electron chi connectivity index (χ4n) is 9.07. The Morgan fingerprint density at radius 3 is 2.61 bits per heavy atom. The van der Waals surface area contributed by atoms with Crippen molar-refractivity contribution in [1.82, 2.24) is 25.0 Å². The van der Waals surface area contributed by atoms with Gasteiger partial charge in [0.1, 0.15) is 22.9 Å². The van der Waals surface area contributed by atoms with E-state index in [1.54, 1.807) is 6.07 Å². The molecule has 4 heterocycles. The summed E-state index contributed by atoms with van der Waals surface area (Å²) < 4.78 is 33.7. The van der Waals surface area contributed by atoms with Crippen molar-refractivity contribution in [2.24, 2.45) is 0 Å². The molecule has 3 N–H and O–H groups in total. The highest BCUT2D eigenvalue weighted by atomic mass is 32.1. The van der Waals surface area contributed by atoms with E-state index in [2.05, 4.69) is 34.4 Å². The highest BCUT2D eigenvalue weighted by Crippen LogP contribution is 2.39. The third-order valence-electron chi connectivity index (χ3n) is 12.6. The first kappa shape index (κ1) is 44.9. The molecule has 0 bridgehead atoms. The Hall–Kier alpha value is -4.15. The number of benzene rings is 2. The van der Waals surface area contributed by atoms with E-state index in [1.165, 1.54) is 24.2 Å². The monoisotopic (exact) mass is 862 g/mol. The Morgan fingerprint density at radius 1 is 1.05 bits per heavy atom. The maximum Gasteiger partial charge on any atom is 0.273 e. The summed E-state index contributed by atoms with van der Waals surface area (Å²) in [6, 6.07) is 9.16. The first-order valence-electron chi connectivity index (χ1n) is 22.3. The predicted molar refractivity (Wildman–Crippen MR) is 233 cm³/mol. The van der Waals surface area contributed by atoms with Gasteiger partial charge in [0, 0.05) is 62.2 Å². The highest BCUT2D eigenvalue weighted by Gasteiger charge is 2.41. The smallest absolute Gasteiger partial charge is 0.273 e. The number of hydrogen-bond acceptors (Lipinski definition) is 11. The molecular weight excluding hydrogens is 800 g/mol. The SMILES string of the molecule is CC(C)c1nc(C(=O)N2CCOC3(CCN(Cc4cccc(CCOCCC(=O)N(CCNCCc5ccc(O)c6c5OCC(=O)N6)C5CCCCCC5)c4F)CC3)C2)cs1. The molecule has 1 saturated carbocycles. The van der Waals surface area contributed by atoms with Gasteiger partial charge in [-0.25, -0.2) is 9.37 Å². The van der Waals surface area contributed by atoms with E-state index in [-0.39, 0.29) is 60.9 Å². The third kappa shape index (κ3) is 11.7. The number of rotatable bonds is 17. The fraction of sp³-hybridized carbons (Fsp3) is 0.609. The molecule has 1 spiro atoms. The van der Waals surface area contributed by atoms with Crippen molar-refractivity contribution in [3.05, 3.63) is 68.9 Å². The topological polar surface area (TPSA) is 146 Å². The Morgan fingerprint density at radius 2 is 1.84 bits per heavy atom. The lowest BCUT2D eigenvalue weighted by atomic mass is 9.89. The lowest BCUT2D eigenvalue weighted by Crippen LogP contribution is -2.58. The van der Waals surface area contributed by atoms with Gasteiger partial charge in [0.2, 0.25) is 5.91 Å². The number of piperidine rings is 1. The molecule has 1 aromatic heterocycles. The molecule has 3 aliphatic heterocycles. The normalized spacial score (nSPS) is 18.4. The number of carbonyl (C=O) groups excluding carboxylic acids is 3. The molecule has 15 heteroatoms. The lowest BCUT2D eigenvalue weighted by molar-refractivity contribution is -0.135. The molecule has 4 aliphatic rings. The van der Waals surface area contributed by atoms with Crippen LogP contribution in [0, 0.1) is 5.82 Å². The molecule has 0 atom stereocenters. The molecule has 3 aromatic rings. The Bertz CT molecular complexity index is 1960. The number of anilines is 1. The van der Waals surface area contributed by atoms with Crippen LogP contribution < -0.4 is 15.4 Å². The van der Waals surface area contributed by atoms with Gasteiger partial charge < -0.3 is 39.8 Å². The maximum absolute atomic E-state index is 15.8. The number of fused-ring (bicyclic) bond motifs is 1. The van der Waals surface area contributed by atoms with Crippen LogP contribution in [0.15, 0.2) is 35.7 Å². The number of amides is 3. The minimum atomic E-state index is -0.390. The van der Waals surface area contributed by atoms with Crippen molar-refractivity contribution < 1.29 is 38.1 Å². The summed E-state index contributed by atoms with van der Waals surface area (Å²) in [5.41, 5.74) is 2.60. The second kappa shape index (κ2) is 21.3. The first-order valence-corrected chi connectivity index (χ1v) is 23.2. The number of ether oxygens (including phenoxy) is 3. The quantitative estimate of drug-likeness (QED) is 0.0806. The summed E-state index contributed by atoms with van der Waals surface area (Å²) in [5.74, 6) is 0.331. The van der Waals surface area contributed by atoms with Crippen molar-refractivity contribution >= 4 is 34.7 Å². The predicted octanol–water partition coefficient (Wildman–Crippen LogP) is 6.28. The van der Waals surface area contributed by atoms with E-state index in [0.29, 0.717) is 93.6 Å². The number of nitrogens with one attached hydrogen (secondary N) is 2. The number of phenolic OH excluding ortho intramolecular Hbond substituents is 1. The van der Waals surface area contributed by atoms with Crippen molar-refractivity contribution in [1.29, 1.82) is 0 Å². The lowest BCUT2D eigenvalue weighted by Gasteiger charge is -2.47. The molecule has 2 aromatic carbocycles. The molecule has 1 aliphatic carbocycles. The van der Waals surface area contributed by atoms with Gasteiger partial charge in [-0.15, -0.1) is 11.3 Å². The Kier molecular flexibility index (Phi) is 15.7. The molecular formula is C46H63FN6O7S. The minimum Gasteiger partial charge on any atom is -0.506 e. The van der Waals surface area contributed by atoms with Gasteiger partial charge in [0.05, 0.1) is 43.4 Å². The van der Waals surface area contributed by atoms with E-state index in [9.17, 15) is 19.5 Å². The van der Waals surface area contributed by atoms with Crippen LogP contribution in [0.4, 0.5) is 10.1 Å². The Balaban J connectivity index is 0.836. The number of morpholine rings is 1. The van der Waals surface area contributed by atoms with Gasteiger partial charge >= 0.3 is 0 Å². The van der Waals surface area contributed by atoms with E-state index in [0.717, 1.165) is 62.2 Å². The molecule has 0 radical (unpaired) electrons. The van der Waals surface area contributed by atoms with Crippen molar-refractivity contribution in [2.45, 2.75) is 109 Å². The number of hydrogen-bond donors (Lipinski definition) is 3. The summed E-state index contributed by atoms with van der Waals surface area (Å²) in [6.45, 7) is 10.2. The van der Waals surface area contributed by atoms with Gasteiger partial charge in [-0.05, 0) is 62.3 Å². The highest BCUT2D eigenvalue weighted by molar-refractivity contribution is 7.09. The number of phenols is 1. The summed E-state index contributed by atoms with van der Waals surface area (Å²) in [4.78, 5) is 49.5. The number of carbonyl (C=O) groups is 3. The van der Waals surface area contributed by atoms with Gasteiger partial charge in [-0.2, -0.15) is 0 Å². The molecule has 7 rings (SSSR count). The number of thiazole rings is 1. The zero-order valence-electron chi connectivity index (χ0n) is 35.9. The van der Waals surface area contributed by atoms with E-state index in [1.807, 2.05) is 39.4 Å². The summed E-state index contributed by atoms with van der Waals surface area (Å²) in [5, 5.41) is 19.2. The van der Waals surface area contributed by atoms with Crippen LogP contribution in [0.2, 0.25) is 0 Å². The van der Waals surface area contributed by atoms with Crippen LogP contribution in [0.3, 0.4) is 0 Å². The summed E-state index contributed by atoms with van der Waals surface area (Å²) in [6.07, 6.45) is 9.51. The first-order chi connectivity index (χ1) is 29.6. The fourth-order valence-corrected chi connectivity index (χ4v) is 9.88. The summed E-state index contributed by atoms with van der Waals surface area (Å²) in [7, 11) is 0. The molecule has 61 heavy (non-hydrogen) atoms. The number of halogens is 1. The van der Waals surface area contributed by atoms with Crippen LogP contribution in [0.25, 0.3) is 0 Å². The zero-order valence-corrected chi connectivity index (χ0v) is 36.7. The molecule has 332 valence electrons. The molecule has 0 unspecified atom stereocenters. The van der Waals surface area contributed by atoms with Crippen LogP contribution in [-0.2, 0) is 38.4 Å². The second-order valence-corrected chi connectivity index (χ2v) is 18.2. The van der Waals surface area contributed by atoms with Crippen LogP contribution in [0.5, 0.6) is 11.5 Å². The maximum atomic E-state index is 15.8. The van der Waals surface area contributed by atoms with Gasteiger partial charge in [0.25, 0.3) is 11.8 Å². The summed E-state index contributed by atoms with van der Waals surface area (Å²) >= 11 is 1.54. The van der Waals surface area contributed by atoms with Crippen molar-refractivity contribution in [3.8, 4) is 11.5 Å². The van der Waals surface area contributed by atoms with E-state index < -0.39 is 5.60 Å². The zero-order chi connectivity index (χ0) is 42.8. The van der Waals surface area contributed by atoms with Crippen molar-refractivity contribution in [2.75, 3.05) is 77.6 Å². The van der Waals surface area contributed by atoms with E-state index >= 15 is 4.39 Å². The molecule has 2 saturated heterocycles. The van der Waals surface area contributed by atoms with Gasteiger partial charge in [-0.3, -0.25) is 19.3 Å².